The van der Waals surface area contributed by atoms with Crippen molar-refractivity contribution in [1.29, 1.82) is 0 Å². The molecule has 0 bridgehead atoms. The summed E-state index contributed by atoms with van der Waals surface area (Å²) in [6, 6.07) is 1.27. The van der Waals surface area contributed by atoms with E-state index >= 15 is 0 Å². The zero-order valence-corrected chi connectivity index (χ0v) is 21.4. The normalized spacial score (nSPS) is 21.0. The highest BCUT2D eigenvalue weighted by atomic mass is 32.1. The molecule has 10 heteroatoms. The molecule has 0 aliphatic carbocycles. The first kappa shape index (κ1) is 24.4. The van der Waals surface area contributed by atoms with Gasteiger partial charge in [-0.3, -0.25) is 9.69 Å². The molecule has 2 saturated heterocycles. The highest BCUT2D eigenvalue weighted by Crippen LogP contribution is 2.35. The molecule has 4 heterocycles. The lowest BCUT2D eigenvalue weighted by atomic mass is 10.0. The number of carbonyl (C=O) groups excluding carboxylic acids is 2. The molecule has 0 spiro atoms. The largest absolute Gasteiger partial charge is 0.444 e. The van der Waals surface area contributed by atoms with Gasteiger partial charge in [-0.2, -0.15) is 0 Å². The minimum Gasteiger partial charge on any atom is -0.444 e. The third kappa shape index (κ3) is 5.65. The Kier molecular flexibility index (Phi) is 7.06. The monoisotopic (exact) mass is 486 g/mol. The van der Waals surface area contributed by atoms with Crippen molar-refractivity contribution in [2.24, 2.45) is 0 Å². The van der Waals surface area contributed by atoms with Crippen LogP contribution in [0.1, 0.15) is 75.3 Å². The molecule has 2 aliphatic rings. The lowest BCUT2D eigenvalue weighted by molar-refractivity contribution is -0.139. The van der Waals surface area contributed by atoms with E-state index in [2.05, 4.69) is 20.3 Å². The minimum absolute atomic E-state index is 0.0191. The number of aromatic nitrogens is 3. The molecule has 34 heavy (non-hydrogen) atoms. The third-order valence-electron chi connectivity index (χ3n) is 6.01. The van der Waals surface area contributed by atoms with E-state index in [0.717, 1.165) is 41.4 Å². The van der Waals surface area contributed by atoms with Gasteiger partial charge >= 0.3 is 6.09 Å². The molecule has 2 atom stereocenters. The number of carbonyl (C=O) groups is 2. The molecule has 4 rings (SSSR count). The molecular formula is C24H34N6O3S. The smallest absolute Gasteiger partial charge is 0.410 e. The molecule has 184 valence electrons. The predicted molar refractivity (Wildman–Crippen MR) is 131 cm³/mol. The van der Waals surface area contributed by atoms with Gasteiger partial charge in [0, 0.05) is 30.2 Å². The van der Waals surface area contributed by atoms with Crippen molar-refractivity contribution < 1.29 is 14.3 Å². The first-order valence-electron chi connectivity index (χ1n) is 12.0. The van der Waals surface area contributed by atoms with Crippen molar-refractivity contribution >= 4 is 34.3 Å². The van der Waals surface area contributed by atoms with E-state index in [1.165, 1.54) is 0 Å². The van der Waals surface area contributed by atoms with Crippen molar-refractivity contribution in [3.63, 3.8) is 0 Å². The van der Waals surface area contributed by atoms with Crippen LogP contribution < -0.4 is 5.32 Å². The number of amides is 2. The van der Waals surface area contributed by atoms with Gasteiger partial charge < -0.3 is 15.0 Å². The number of piperidine rings is 1. The average Bonchev–Trinajstić information content (AvgIpc) is 3.41. The van der Waals surface area contributed by atoms with Crippen LogP contribution in [-0.4, -0.2) is 61.5 Å². The quantitative estimate of drug-likeness (QED) is 0.666. The number of aryl methyl sites for hydroxylation is 2. The van der Waals surface area contributed by atoms with Crippen LogP contribution in [0.4, 0.5) is 15.7 Å². The van der Waals surface area contributed by atoms with Gasteiger partial charge in [-0.15, -0.1) is 11.3 Å². The topological polar surface area (TPSA) is 101 Å². The number of ether oxygens (including phenoxy) is 1. The predicted octanol–water partition coefficient (Wildman–Crippen LogP) is 4.75. The van der Waals surface area contributed by atoms with Gasteiger partial charge in [-0.1, -0.05) is 0 Å². The van der Waals surface area contributed by atoms with Gasteiger partial charge in [0.25, 0.3) is 0 Å². The maximum atomic E-state index is 13.7. The van der Waals surface area contributed by atoms with E-state index in [4.69, 9.17) is 4.74 Å². The van der Waals surface area contributed by atoms with E-state index in [1.807, 2.05) is 51.8 Å². The Hall–Kier alpha value is -2.75. The molecule has 0 radical (unpaired) electrons. The van der Waals surface area contributed by atoms with E-state index in [0.29, 0.717) is 31.2 Å². The Bertz CT molecular complexity index is 1050. The molecule has 2 fully saturated rings. The Morgan fingerprint density at radius 1 is 1.09 bits per heavy atom. The Morgan fingerprint density at radius 3 is 2.56 bits per heavy atom. The van der Waals surface area contributed by atoms with Gasteiger partial charge in [-0.05, 0) is 66.7 Å². The molecular weight excluding hydrogens is 452 g/mol. The first-order valence-corrected chi connectivity index (χ1v) is 12.8. The molecule has 9 nitrogen and oxygen atoms in total. The second-order valence-corrected chi connectivity index (χ2v) is 11.2. The number of hydrogen-bond acceptors (Lipinski definition) is 8. The molecule has 2 amide bonds. The SMILES string of the molecule is Cc1nc(Nc2ncc(C)s2)cc([C@@H]2CCCN2C(=O)[C@@H]2CCCCN2C(=O)OC(C)(C)C)n1. The molecule has 0 saturated carbocycles. The summed E-state index contributed by atoms with van der Waals surface area (Å²) in [4.78, 5) is 44.8. The molecule has 2 aromatic heterocycles. The Labute approximate surface area is 204 Å². The van der Waals surface area contributed by atoms with Crippen molar-refractivity contribution in [2.75, 3.05) is 18.4 Å². The van der Waals surface area contributed by atoms with Gasteiger partial charge in [0.2, 0.25) is 5.91 Å². The first-order chi connectivity index (χ1) is 16.1. The van der Waals surface area contributed by atoms with Crippen molar-refractivity contribution in [2.45, 2.75) is 84.4 Å². The van der Waals surface area contributed by atoms with Gasteiger partial charge in [0.1, 0.15) is 23.3 Å². The molecule has 2 aromatic rings. The van der Waals surface area contributed by atoms with Crippen molar-refractivity contribution in [3.8, 4) is 0 Å². The highest BCUT2D eigenvalue weighted by molar-refractivity contribution is 7.15. The summed E-state index contributed by atoms with van der Waals surface area (Å²) in [5, 5.41) is 4.04. The summed E-state index contributed by atoms with van der Waals surface area (Å²) >= 11 is 1.56. The van der Waals surface area contributed by atoms with Crippen LogP contribution in [0.5, 0.6) is 0 Å². The van der Waals surface area contributed by atoms with Crippen LogP contribution in [0, 0.1) is 13.8 Å². The fourth-order valence-corrected chi connectivity index (χ4v) is 5.28. The third-order valence-corrected chi connectivity index (χ3v) is 6.84. The van der Waals surface area contributed by atoms with E-state index < -0.39 is 17.7 Å². The summed E-state index contributed by atoms with van der Waals surface area (Å²) in [5.74, 6) is 1.29. The van der Waals surface area contributed by atoms with Crippen LogP contribution in [0.3, 0.4) is 0 Å². The summed E-state index contributed by atoms with van der Waals surface area (Å²) < 4.78 is 5.60. The highest BCUT2D eigenvalue weighted by Gasteiger charge is 2.41. The van der Waals surface area contributed by atoms with Crippen molar-refractivity contribution in [3.05, 3.63) is 28.7 Å². The summed E-state index contributed by atoms with van der Waals surface area (Å²) in [6.07, 6.45) is 5.58. The number of likely N-dealkylation sites (tertiary alicyclic amines) is 2. The minimum atomic E-state index is -0.601. The Morgan fingerprint density at radius 2 is 1.85 bits per heavy atom. The van der Waals surface area contributed by atoms with Crippen LogP contribution in [0.2, 0.25) is 0 Å². The molecule has 0 unspecified atom stereocenters. The van der Waals surface area contributed by atoms with Gasteiger partial charge in [0.15, 0.2) is 5.13 Å². The van der Waals surface area contributed by atoms with Crippen LogP contribution in [-0.2, 0) is 9.53 Å². The van der Waals surface area contributed by atoms with E-state index in [9.17, 15) is 9.59 Å². The standard InChI is InChI=1S/C24H34N6O3S/c1-15-14-25-22(34-15)28-20-13-17(26-16(2)27-20)18-10-8-12-29(18)21(31)19-9-6-7-11-30(19)23(32)33-24(3,4)5/h13-14,18-19H,6-12H2,1-5H3,(H,25,26,27,28)/t18-,19-/m0/s1. The number of rotatable bonds is 4. The van der Waals surface area contributed by atoms with E-state index in [1.54, 1.807) is 16.2 Å². The lowest BCUT2D eigenvalue weighted by Crippen LogP contribution is -2.54. The van der Waals surface area contributed by atoms with Gasteiger partial charge in [-0.25, -0.2) is 19.7 Å². The zero-order chi connectivity index (χ0) is 24.5. The zero-order valence-electron chi connectivity index (χ0n) is 20.6. The van der Waals surface area contributed by atoms with Crippen LogP contribution >= 0.6 is 11.3 Å². The number of nitrogens with one attached hydrogen (secondary N) is 1. The average molecular weight is 487 g/mol. The maximum absolute atomic E-state index is 13.7. The lowest BCUT2D eigenvalue weighted by Gasteiger charge is -2.38. The molecule has 0 aromatic carbocycles. The Balaban J connectivity index is 1.54. The number of thiazole rings is 1. The summed E-state index contributed by atoms with van der Waals surface area (Å²) in [6.45, 7) is 10.6. The summed E-state index contributed by atoms with van der Waals surface area (Å²) in [7, 11) is 0. The number of hydrogen-bond donors (Lipinski definition) is 1. The van der Waals surface area contributed by atoms with Gasteiger partial charge in [0.05, 0.1) is 11.7 Å². The second-order valence-electron chi connectivity index (χ2n) is 10.0. The fraction of sp³-hybridized carbons (Fsp3) is 0.625. The maximum Gasteiger partial charge on any atom is 0.410 e. The second kappa shape index (κ2) is 9.85. The van der Waals surface area contributed by atoms with Crippen LogP contribution in [0.25, 0.3) is 0 Å². The number of anilines is 2. The van der Waals surface area contributed by atoms with Crippen LogP contribution in [0.15, 0.2) is 12.3 Å². The van der Waals surface area contributed by atoms with E-state index in [-0.39, 0.29) is 11.9 Å². The summed E-state index contributed by atoms with van der Waals surface area (Å²) in [5.41, 5.74) is 0.213. The molecule has 1 N–H and O–H groups in total. The van der Waals surface area contributed by atoms with Crippen molar-refractivity contribution in [1.82, 2.24) is 24.8 Å². The molecule has 2 aliphatic heterocycles. The number of nitrogens with zero attached hydrogens (tertiary/aromatic N) is 5. The fourth-order valence-electron chi connectivity index (χ4n) is 4.60.